The maximum absolute atomic E-state index is 7.88. The number of rotatable bonds is 0. The molecule has 0 unspecified atom stereocenters. The molecule has 0 saturated carbocycles. The molecule has 34 valence electrons. The minimum atomic E-state index is 0. The Morgan fingerprint density at radius 1 is 1.25 bits per heavy atom. The van der Waals surface area contributed by atoms with E-state index in [-0.39, 0.29) is 27.8 Å². The van der Waals surface area contributed by atoms with Gasteiger partial charge in [-0.2, -0.15) is 0 Å². The average molecular weight is 197 g/mol. The summed E-state index contributed by atoms with van der Waals surface area (Å²) in [7, 11) is 0. The van der Waals surface area contributed by atoms with Gasteiger partial charge in [-0.3, -0.25) is 0 Å². The van der Waals surface area contributed by atoms with Gasteiger partial charge in [-0.1, -0.05) is 7.43 Å². The first-order valence-corrected chi connectivity index (χ1v) is 0.532. The van der Waals surface area contributed by atoms with Crippen molar-refractivity contribution >= 4 is 0 Å². The van der Waals surface area contributed by atoms with Crippen molar-refractivity contribution in [3.63, 3.8) is 0 Å². The molecule has 0 N–H and O–H groups in total. The van der Waals surface area contributed by atoms with Crippen LogP contribution in [0.4, 0.5) is 0 Å². The summed E-state index contributed by atoms with van der Waals surface area (Å²) in [6.07, 6.45) is 0. The summed E-state index contributed by atoms with van der Waals surface area (Å²) in [5, 5.41) is 0. The topological polar surface area (TPSA) is 17.1 Å². The molecule has 0 atom stereocenters. The molecule has 0 amide bonds. The average Bonchev–Trinajstić information content (AvgIpc) is 1.00. The van der Waals surface area contributed by atoms with Crippen molar-refractivity contribution in [2.45, 2.75) is 7.43 Å². The van der Waals surface area contributed by atoms with Gasteiger partial charge in [0.15, 0.2) is 0 Å². The molecule has 0 aromatic rings. The zero-order chi connectivity index (χ0) is 2.00. The SMILES string of the molecule is C.[O]=[Ni].[Pd]. The summed E-state index contributed by atoms with van der Waals surface area (Å²) in [4.78, 5) is 0. The Bertz CT molecular complexity index is 8.00. The van der Waals surface area contributed by atoms with Crippen LogP contribution >= 0.6 is 0 Å². The standard InChI is InChI=1S/CH4.Ni.O.Pd/h1H4;;;. The van der Waals surface area contributed by atoms with Crippen molar-refractivity contribution < 1.29 is 39.7 Å². The second-order valence-corrected chi connectivity index (χ2v) is 0. The Morgan fingerprint density at radius 2 is 1.25 bits per heavy atom. The van der Waals surface area contributed by atoms with Gasteiger partial charge in [0.25, 0.3) is 0 Å². The predicted molar refractivity (Wildman–Crippen MR) is 7.42 cm³/mol. The molecule has 0 rings (SSSR count). The van der Waals surface area contributed by atoms with Crippen LogP contribution in [0.3, 0.4) is 0 Å². The van der Waals surface area contributed by atoms with Crippen LogP contribution in [-0.2, 0) is 39.7 Å². The van der Waals surface area contributed by atoms with Crippen molar-refractivity contribution in [1.29, 1.82) is 0 Å². The molecule has 0 aromatic heterocycles. The monoisotopic (exact) mass is 196 g/mol. The summed E-state index contributed by atoms with van der Waals surface area (Å²) in [6, 6.07) is 0. The molecule has 3 heteroatoms. The second-order valence-electron chi connectivity index (χ2n) is 0. The van der Waals surface area contributed by atoms with E-state index in [1.54, 1.807) is 0 Å². The van der Waals surface area contributed by atoms with E-state index in [4.69, 9.17) is 3.90 Å². The van der Waals surface area contributed by atoms with E-state index < -0.39 is 0 Å². The maximum atomic E-state index is 7.88. The molecular formula is CH4NiOPd. The van der Waals surface area contributed by atoms with Crippen LogP contribution in [0, 0.1) is 0 Å². The van der Waals surface area contributed by atoms with Crippen molar-refractivity contribution in [2.24, 2.45) is 0 Å². The van der Waals surface area contributed by atoms with Gasteiger partial charge in [-0.15, -0.1) is 0 Å². The summed E-state index contributed by atoms with van der Waals surface area (Å²) in [6.45, 7) is 0. The van der Waals surface area contributed by atoms with Gasteiger partial charge in [-0.25, -0.2) is 0 Å². The van der Waals surface area contributed by atoms with Crippen molar-refractivity contribution in [3.05, 3.63) is 0 Å². The van der Waals surface area contributed by atoms with Gasteiger partial charge in [0.05, 0.1) is 0 Å². The first-order valence-electron chi connectivity index (χ1n) is 0.129. The van der Waals surface area contributed by atoms with Crippen LogP contribution < -0.4 is 0 Å². The zero-order valence-electron chi connectivity index (χ0n) is 1.04. The maximum Gasteiger partial charge on any atom is 0 e. The fourth-order valence-electron chi connectivity index (χ4n) is 0. The van der Waals surface area contributed by atoms with E-state index >= 15 is 0 Å². The molecule has 0 aliphatic carbocycles. The Kier molecular flexibility index (Phi) is 192. The van der Waals surface area contributed by atoms with E-state index in [9.17, 15) is 0 Å². The molecule has 4 heavy (non-hydrogen) atoms. The molecule has 0 aromatic carbocycles. The van der Waals surface area contributed by atoms with Gasteiger partial charge in [-0.05, 0) is 0 Å². The Balaban J connectivity index is -0.00000000500. The van der Waals surface area contributed by atoms with Crippen LogP contribution in [0.25, 0.3) is 0 Å². The smallest absolute Gasteiger partial charge is 0 e. The second kappa shape index (κ2) is 37.8. The quantitative estimate of drug-likeness (QED) is 0.517. The fourth-order valence-corrected chi connectivity index (χ4v) is 0. The Morgan fingerprint density at radius 3 is 1.25 bits per heavy atom. The van der Waals surface area contributed by atoms with Crippen LogP contribution in [-0.4, -0.2) is 0 Å². The van der Waals surface area contributed by atoms with Crippen LogP contribution in [0.15, 0.2) is 0 Å². The summed E-state index contributed by atoms with van der Waals surface area (Å²) < 4.78 is 7.88. The van der Waals surface area contributed by atoms with Crippen LogP contribution in [0.5, 0.6) is 0 Å². The summed E-state index contributed by atoms with van der Waals surface area (Å²) in [5.74, 6) is 0. The van der Waals surface area contributed by atoms with Crippen LogP contribution in [0.1, 0.15) is 7.43 Å². The van der Waals surface area contributed by atoms with E-state index in [2.05, 4.69) is 15.4 Å². The van der Waals surface area contributed by atoms with Gasteiger partial charge >= 0.3 is 19.3 Å². The predicted octanol–water partition coefficient (Wildman–Crippen LogP) is 0.512. The largest absolute Gasteiger partial charge is 0 e. The molecule has 0 fully saturated rings. The molecule has 0 heterocycles. The van der Waals surface area contributed by atoms with Crippen molar-refractivity contribution in [2.75, 3.05) is 0 Å². The van der Waals surface area contributed by atoms with Gasteiger partial charge in [0.1, 0.15) is 0 Å². The summed E-state index contributed by atoms with van der Waals surface area (Å²) >= 11 is 2.62. The third-order valence-electron chi connectivity index (χ3n) is 0. The Hall–Kier alpha value is 0.956. The first-order chi connectivity index (χ1) is 1.00. The molecule has 0 bridgehead atoms. The minimum absolute atomic E-state index is 0. The van der Waals surface area contributed by atoms with E-state index in [1.807, 2.05) is 0 Å². The van der Waals surface area contributed by atoms with Gasteiger partial charge in [0.2, 0.25) is 0 Å². The molecule has 0 spiro atoms. The summed E-state index contributed by atoms with van der Waals surface area (Å²) in [5.41, 5.74) is 0. The molecule has 0 aliphatic rings. The normalized spacial score (nSPS) is 1.50. The van der Waals surface area contributed by atoms with Gasteiger partial charge < -0.3 is 0 Å². The molecule has 0 radical (unpaired) electrons. The molecule has 0 aliphatic heterocycles. The Labute approximate surface area is 47.4 Å². The zero-order valence-corrected chi connectivity index (χ0v) is 3.58. The third-order valence-corrected chi connectivity index (χ3v) is 0. The minimum Gasteiger partial charge on any atom is 0 e. The van der Waals surface area contributed by atoms with Crippen molar-refractivity contribution in [3.8, 4) is 0 Å². The van der Waals surface area contributed by atoms with Crippen LogP contribution in [0.2, 0.25) is 0 Å². The van der Waals surface area contributed by atoms with E-state index in [0.29, 0.717) is 0 Å². The fraction of sp³-hybridized carbons (Fsp3) is 1.00. The van der Waals surface area contributed by atoms with E-state index in [0.717, 1.165) is 0 Å². The van der Waals surface area contributed by atoms with Gasteiger partial charge in [0, 0.05) is 20.4 Å². The van der Waals surface area contributed by atoms with Crippen molar-refractivity contribution in [1.82, 2.24) is 0 Å². The molecule has 0 saturated heterocycles. The number of hydrogen-bond acceptors (Lipinski definition) is 1. The number of hydrogen-bond donors (Lipinski definition) is 0. The molecule has 1 nitrogen and oxygen atoms in total. The third kappa shape index (κ3) is 12.4. The molecular weight excluding hydrogens is 193 g/mol. The van der Waals surface area contributed by atoms with E-state index in [1.165, 1.54) is 0 Å². The first kappa shape index (κ1) is 20.3.